The largest absolute Gasteiger partial charge is 0.507 e. The summed E-state index contributed by atoms with van der Waals surface area (Å²) < 4.78 is 0. The third-order valence-corrected chi connectivity index (χ3v) is 7.13. The SMILES string of the molecule is Cc1ccc(C23CC4CC(CC(O)(C4)C2)C3)cc1N=Cc1ccccc1O. The second kappa shape index (κ2) is 5.93. The van der Waals surface area contributed by atoms with Crippen LogP contribution in [0.2, 0.25) is 0 Å². The number of aliphatic hydroxyl groups is 1. The van der Waals surface area contributed by atoms with Crippen LogP contribution in [-0.4, -0.2) is 22.0 Å². The predicted molar refractivity (Wildman–Crippen MR) is 108 cm³/mol. The van der Waals surface area contributed by atoms with Gasteiger partial charge in [-0.1, -0.05) is 24.3 Å². The van der Waals surface area contributed by atoms with Crippen molar-refractivity contribution in [2.24, 2.45) is 16.8 Å². The Bertz CT molecular complexity index is 902. The number of hydrogen-bond donors (Lipinski definition) is 2. The van der Waals surface area contributed by atoms with Gasteiger partial charge in [0.25, 0.3) is 0 Å². The molecule has 0 saturated heterocycles. The fraction of sp³-hybridized carbons (Fsp3) is 0.458. The molecule has 3 nitrogen and oxygen atoms in total. The summed E-state index contributed by atoms with van der Waals surface area (Å²) >= 11 is 0. The lowest BCUT2D eigenvalue weighted by molar-refractivity contribution is -0.136. The topological polar surface area (TPSA) is 52.8 Å². The van der Waals surface area contributed by atoms with Crippen LogP contribution in [-0.2, 0) is 5.41 Å². The van der Waals surface area contributed by atoms with Gasteiger partial charge in [0, 0.05) is 11.8 Å². The molecule has 0 aliphatic heterocycles. The van der Waals surface area contributed by atoms with E-state index in [0.29, 0.717) is 11.8 Å². The zero-order valence-electron chi connectivity index (χ0n) is 15.9. The van der Waals surface area contributed by atoms with E-state index in [4.69, 9.17) is 4.99 Å². The van der Waals surface area contributed by atoms with Gasteiger partial charge in [-0.2, -0.15) is 0 Å². The highest BCUT2D eigenvalue weighted by atomic mass is 16.3. The normalized spacial score (nSPS) is 34.4. The van der Waals surface area contributed by atoms with E-state index in [1.807, 2.05) is 18.2 Å². The Morgan fingerprint density at radius 2 is 1.78 bits per heavy atom. The Kier molecular flexibility index (Phi) is 3.74. The molecule has 4 aliphatic carbocycles. The molecule has 2 N–H and O–H groups in total. The molecule has 2 unspecified atom stereocenters. The van der Waals surface area contributed by atoms with Gasteiger partial charge in [0.1, 0.15) is 5.75 Å². The van der Waals surface area contributed by atoms with Gasteiger partial charge in [-0.15, -0.1) is 0 Å². The van der Waals surface area contributed by atoms with E-state index in [-0.39, 0.29) is 11.2 Å². The molecule has 0 radical (unpaired) electrons. The van der Waals surface area contributed by atoms with Crippen molar-refractivity contribution in [1.82, 2.24) is 0 Å². The molecule has 4 aliphatic rings. The minimum atomic E-state index is -0.450. The van der Waals surface area contributed by atoms with Crippen molar-refractivity contribution >= 4 is 11.9 Å². The van der Waals surface area contributed by atoms with Gasteiger partial charge in [-0.3, -0.25) is 4.99 Å². The lowest BCUT2D eigenvalue weighted by Gasteiger charge is -2.60. The zero-order chi connectivity index (χ0) is 18.6. The number of rotatable bonds is 3. The highest BCUT2D eigenvalue weighted by Gasteiger charge is 2.57. The van der Waals surface area contributed by atoms with Crippen molar-refractivity contribution < 1.29 is 10.2 Å². The number of nitrogens with zero attached hydrogens (tertiary/aromatic N) is 1. The van der Waals surface area contributed by atoms with Crippen LogP contribution in [0.15, 0.2) is 47.5 Å². The molecule has 0 aromatic heterocycles. The lowest BCUT2D eigenvalue weighted by atomic mass is 9.46. The molecule has 0 spiro atoms. The Morgan fingerprint density at radius 1 is 1.04 bits per heavy atom. The highest BCUT2D eigenvalue weighted by Crippen LogP contribution is 2.62. The molecule has 2 aromatic carbocycles. The molecule has 4 saturated carbocycles. The Morgan fingerprint density at radius 3 is 2.48 bits per heavy atom. The number of aliphatic imine (C=N–C) groups is 1. The minimum Gasteiger partial charge on any atom is -0.507 e. The molecule has 4 bridgehead atoms. The molecule has 140 valence electrons. The summed E-state index contributed by atoms with van der Waals surface area (Å²) in [4.78, 5) is 4.69. The van der Waals surface area contributed by atoms with Crippen molar-refractivity contribution in [2.45, 2.75) is 56.5 Å². The predicted octanol–water partition coefficient (Wildman–Crippen LogP) is 5.03. The van der Waals surface area contributed by atoms with Crippen LogP contribution in [0.4, 0.5) is 5.69 Å². The number of phenolic OH excluding ortho intramolecular Hbond substituents is 1. The summed E-state index contributed by atoms with van der Waals surface area (Å²) in [7, 11) is 0. The van der Waals surface area contributed by atoms with Crippen molar-refractivity contribution in [3.8, 4) is 5.75 Å². The number of hydrogen-bond acceptors (Lipinski definition) is 3. The average Bonchev–Trinajstić information content (AvgIpc) is 2.60. The van der Waals surface area contributed by atoms with E-state index in [9.17, 15) is 10.2 Å². The van der Waals surface area contributed by atoms with Crippen LogP contribution in [0.1, 0.15) is 55.2 Å². The molecular formula is C24H27NO2. The number of benzene rings is 2. The Balaban J connectivity index is 1.50. The van der Waals surface area contributed by atoms with Gasteiger partial charge in [-0.25, -0.2) is 0 Å². The maximum atomic E-state index is 11.1. The van der Waals surface area contributed by atoms with Crippen molar-refractivity contribution in [3.05, 3.63) is 59.2 Å². The van der Waals surface area contributed by atoms with Crippen molar-refractivity contribution in [3.63, 3.8) is 0 Å². The van der Waals surface area contributed by atoms with E-state index in [0.717, 1.165) is 36.1 Å². The number of phenols is 1. The molecule has 27 heavy (non-hydrogen) atoms. The van der Waals surface area contributed by atoms with E-state index < -0.39 is 5.60 Å². The number of para-hydroxylation sites is 1. The molecule has 4 fully saturated rings. The Labute approximate surface area is 160 Å². The molecule has 6 rings (SSSR count). The maximum Gasteiger partial charge on any atom is 0.124 e. The van der Waals surface area contributed by atoms with Gasteiger partial charge >= 0.3 is 0 Å². The summed E-state index contributed by atoms with van der Waals surface area (Å²) in [5.74, 6) is 1.59. The smallest absolute Gasteiger partial charge is 0.124 e. The molecule has 2 aromatic rings. The van der Waals surface area contributed by atoms with E-state index >= 15 is 0 Å². The van der Waals surface area contributed by atoms with E-state index in [1.165, 1.54) is 24.8 Å². The number of aryl methyl sites for hydroxylation is 1. The minimum absolute atomic E-state index is 0.117. The fourth-order valence-electron chi connectivity index (χ4n) is 6.37. The van der Waals surface area contributed by atoms with Gasteiger partial charge in [0.2, 0.25) is 0 Å². The molecule has 0 amide bonds. The Hall–Kier alpha value is -2.13. The molecule has 2 atom stereocenters. The van der Waals surface area contributed by atoms with Crippen LogP contribution in [0.3, 0.4) is 0 Å². The summed E-state index contributed by atoms with van der Waals surface area (Å²) in [6, 6.07) is 13.9. The summed E-state index contributed by atoms with van der Waals surface area (Å²) in [5, 5.41) is 21.1. The zero-order valence-corrected chi connectivity index (χ0v) is 15.9. The second-order valence-electron chi connectivity index (χ2n) is 9.28. The van der Waals surface area contributed by atoms with Gasteiger partial charge in [-0.05, 0) is 92.0 Å². The third kappa shape index (κ3) is 2.89. The first-order valence-corrected chi connectivity index (χ1v) is 10.1. The first-order valence-electron chi connectivity index (χ1n) is 10.1. The molecule has 3 heteroatoms. The van der Waals surface area contributed by atoms with E-state index in [2.05, 4.69) is 25.1 Å². The quantitative estimate of drug-likeness (QED) is 0.753. The molecule has 0 heterocycles. The maximum absolute atomic E-state index is 11.1. The first kappa shape index (κ1) is 17.0. The first-order chi connectivity index (χ1) is 12.9. The summed E-state index contributed by atoms with van der Waals surface area (Å²) in [6.45, 7) is 2.08. The number of aromatic hydroxyl groups is 1. The van der Waals surface area contributed by atoms with Crippen LogP contribution < -0.4 is 0 Å². The standard InChI is InChI=1S/C24H27NO2/c1-16-6-7-20(9-21(16)25-14-19-4-2-3-5-22(19)26)23-10-17-8-18(11-23)13-24(27,12-17)15-23/h2-7,9,14,17-18,26-27H,8,10-13,15H2,1H3. The van der Waals surface area contributed by atoms with Gasteiger partial charge in [0.05, 0.1) is 11.3 Å². The van der Waals surface area contributed by atoms with Crippen LogP contribution in [0.25, 0.3) is 0 Å². The van der Waals surface area contributed by atoms with Crippen molar-refractivity contribution in [2.75, 3.05) is 0 Å². The molecular weight excluding hydrogens is 334 g/mol. The van der Waals surface area contributed by atoms with Crippen LogP contribution >= 0.6 is 0 Å². The monoisotopic (exact) mass is 361 g/mol. The summed E-state index contributed by atoms with van der Waals surface area (Å²) in [5.41, 5.74) is 3.82. The van der Waals surface area contributed by atoms with Gasteiger partial charge < -0.3 is 10.2 Å². The summed E-state index contributed by atoms with van der Waals surface area (Å²) in [6.07, 6.45) is 8.35. The lowest BCUT2D eigenvalue weighted by Crippen LogP contribution is -2.57. The fourth-order valence-corrected chi connectivity index (χ4v) is 6.37. The third-order valence-electron chi connectivity index (χ3n) is 7.13. The highest BCUT2D eigenvalue weighted by molar-refractivity contribution is 5.85. The van der Waals surface area contributed by atoms with E-state index in [1.54, 1.807) is 12.3 Å². The van der Waals surface area contributed by atoms with Crippen LogP contribution in [0.5, 0.6) is 5.75 Å². The van der Waals surface area contributed by atoms with Gasteiger partial charge in [0.15, 0.2) is 0 Å². The van der Waals surface area contributed by atoms with Crippen molar-refractivity contribution in [1.29, 1.82) is 0 Å². The second-order valence-corrected chi connectivity index (χ2v) is 9.28. The van der Waals surface area contributed by atoms with Crippen LogP contribution in [0, 0.1) is 18.8 Å². The average molecular weight is 361 g/mol.